The maximum Gasteiger partial charge on any atom is 0.302 e. The Balaban J connectivity index is 0.000000264. The molecule has 666 valence electrons. The molecule has 17 atom stereocenters. The molecule has 9 rings (SSSR count). The summed E-state index contributed by atoms with van der Waals surface area (Å²) in [5.41, 5.74) is 8.17. The van der Waals surface area contributed by atoms with Gasteiger partial charge in [-0.05, 0) is 229 Å². The highest BCUT2D eigenvalue weighted by Gasteiger charge is 2.48. The molecular weight excluding hydrogens is 1650 g/mol. The number of carbonyl (C=O) groups excluding carboxylic acids is 2. The number of benzene rings is 3. The molecule has 0 bridgehead atoms. The van der Waals surface area contributed by atoms with Gasteiger partial charge in [0, 0.05) is 93.9 Å². The van der Waals surface area contributed by atoms with Gasteiger partial charge in [-0.25, -0.2) is 13.2 Å². The summed E-state index contributed by atoms with van der Waals surface area (Å²) < 4.78 is 111. The number of carbonyl (C=O) groups is 2. The minimum Gasteiger partial charge on any atom is -0.462 e. The summed E-state index contributed by atoms with van der Waals surface area (Å²) in [7, 11) is -10.2. The number of ether oxygens (including phenoxy) is 2. The highest BCUT2D eigenvalue weighted by atomic mass is 79.9. The molecule has 3 saturated carbocycles. The number of unbranched alkanes of at least 4 members (excludes halogenated alkanes) is 3. The van der Waals surface area contributed by atoms with Crippen LogP contribution >= 0.6 is 39.0 Å². The van der Waals surface area contributed by atoms with Gasteiger partial charge >= 0.3 is 11.9 Å². The van der Waals surface area contributed by atoms with Gasteiger partial charge in [-0.2, -0.15) is 0 Å². The first kappa shape index (κ1) is 103. The van der Waals surface area contributed by atoms with Crippen LogP contribution in [-0.4, -0.2) is 156 Å². The highest BCUT2D eigenvalue weighted by molar-refractivity contribution is 9.09. The number of fused-ring (bicyclic) bond motifs is 3. The lowest BCUT2D eigenvalue weighted by Crippen LogP contribution is -2.45. The predicted molar refractivity (Wildman–Crippen MR) is 490 cm³/mol. The van der Waals surface area contributed by atoms with Crippen LogP contribution in [0.25, 0.3) is 0 Å². The van der Waals surface area contributed by atoms with Crippen molar-refractivity contribution in [3.8, 4) is 0 Å². The maximum atomic E-state index is 15.6. The largest absolute Gasteiger partial charge is 0.462 e. The average molecular weight is 1800 g/mol. The van der Waals surface area contributed by atoms with Gasteiger partial charge in [0.2, 0.25) is 0 Å². The van der Waals surface area contributed by atoms with Crippen molar-refractivity contribution in [2.75, 3.05) is 57.0 Å². The van der Waals surface area contributed by atoms with Crippen LogP contribution in [0.5, 0.6) is 0 Å². The van der Waals surface area contributed by atoms with E-state index in [1.165, 1.54) is 47.2 Å². The molecule has 118 heavy (non-hydrogen) atoms. The Hall–Kier alpha value is -3.43. The summed E-state index contributed by atoms with van der Waals surface area (Å²) in [6.07, 6.45) is 31.1. The van der Waals surface area contributed by atoms with Gasteiger partial charge in [0.05, 0.1) is 44.2 Å². The third-order valence-electron chi connectivity index (χ3n) is 25.9. The van der Waals surface area contributed by atoms with Crippen LogP contribution in [0.3, 0.4) is 0 Å². The number of esters is 2. The molecule has 0 aliphatic heterocycles. The molecular formula is C95H151BrF3O14P3Si2. The molecule has 0 spiro atoms. The van der Waals surface area contributed by atoms with E-state index in [2.05, 4.69) is 187 Å². The Kier molecular flexibility index (Phi) is 43.8. The standard InChI is InChI=1S/C34H54FO5PSi.C31H46BrFO3Si.C25H38FO4P.C5H13O2P/c1-9-38-41(6,37)21-15-11-10-12-18-30-29(31(35)24-33(30)39-25(2)36)19-20-32(40-42(7,8)34(3,4)5)28-22-26-16-13-14-17-27(26)23-28;1-22(34)35-30-21-28(33)26(27(30)15-9-7-8-12-18-32)16-17-29(36-37(5,6)31(2,3)4)25-19-23-13-10-11-14-24(23)20-25;1-2-31(29,30)14-8-4-3-5-11-22-21(23(26)17-25(22)28)12-13-24(27)20-15-18-9-6-7-10-19(18)16-20;1-4-6-8(3)7-5-2/h10,12-14,16-17,19-20,28-33H,9,11,15,18,21-24H2,1-8H3;7,9-11,13-14,16-17,25-30H,8,12,15,18-21H2,1-6H3;3,5-7,9-10,20-25,27-28H,2,4,8,11-17H2,1H3,(H,29,30);4-5H2,1-3H3/b12-10-,20-19+;9-7-,17-16+;5-3-;/t29-,30-,31+,32?,33+,41?;26?,27-,28+,29?,30+;21-,22-,23+,24+,25+;/m111./s1. The fraction of sp³-hybridized carbons (Fsp3) is 0.684. The monoisotopic (exact) mass is 1800 g/mol. The number of aliphatic hydroxyl groups is 2. The van der Waals surface area contributed by atoms with Crippen LogP contribution in [-0.2, 0) is 89.1 Å². The first-order chi connectivity index (χ1) is 55.7. The number of hydrogen-bond acceptors (Lipinski definition) is 13. The molecule has 14 nitrogen and oxygen atoms in total. The summed E-state index contributed by atoms with van der Waals surface area (Å²) in [6.45, 7) is 38.6. The van der Waals surface area contributed by atoms with E-state index in [1.54, 1.807) is 13.6 Å². The minimum atomic E-state index is -2.96. The number of allylic oxidation sites excluding steroid dienone is 8. The van der Waals surface area contributed by atoms with Crippen LogP contribution in [0.2, 0.25) is 36.3 Å². The van der Waals surface area contributed by atoms with Gasteiger partial charge in [-0.3, -0.25) is 18.7 Å². The third-order valence-corrected chi connectivity index (χ3v) is 40.6. The summed E-state index contributed by atoms with van der Waals surface area (Å²) >= 11 is 3.47. The maximum absolute atomic E-state index is 15.6. The van der Waals surface area contributed by atoms with E-state index in [0.717, 1.165) is 89.2 Å². The first-order valence-electron chi connectivity index (χ1n) is 44.2. The number of aliphatic hydroxyl groups excluding tert-OH is 2. The van der Waals surface area contributed by atoms with Crippen molar-refractivity contribution >= 4 is 67.6 Å². The van der Waals surface area contributed by atoms with E-state index in [-0.39, 0.29) is 94.9 Å². The van der Waals surface area contributed by atoms with Crippen LogP contribution in [0.4, 0.5) is 13.2 Å². The van der Waals surface area contributed by atoms with Crippen molar-refractivity contribution in [3.05, 3.63) is 167 Å². The van der Waals surface area contributed by atoms with Crippen LogP contribution in [0.1, 0.15) is 206 Å². The van der Waals surface area contributed by atoms with Crippen molar-refractivity contribution in [2.24, 2.45) is 53.3 Å². The molecule has 6 aliphatic carbocycles. The van der Waals surface area contributed by atoms with Crippen molar-refractivity contribution in [2.45, 2.75) is 303 Å². The summed E-state index contributed by atoms with van der Waals surface area (Å²) in [4.78, 5) is 33.3. The number of alkyl halides is 4. The zero-order valence-electron chi connectivity index (χ0n) is 74.9. The molecule has 3 aromatic rings. The molecule has 0 heterocycles. The second kappa shape index (κ2) is 50.1. The van der Waals surface area contributed by atoms with E-state index in [1.807, 2.05) is 57.8 Å². The zero-order valence-corrected chi connectivity index (χ0v) is 81.1. The minimum absolute atomic E-state index is 0.0580. The first-order valence-corrected chi connectivity index (χ1v) is 57.1. The van der Waals surface area contributed by atoms with E-state index in [9.17, 15) is 38.2 Å². The number of halogens is 4. The number of rotatable bonds is 40. The molecule has 6 aliphatic rings. The van der Waals surface area contributed by atoms with E-state index >= 15 is 8.78 Å². The van der Waals surface area contributed by atoms with Crippen molar-refractivity contribution in [1.82, 2.24) is 0 Å². The van der Waals surface area contributed by atoms with Gasteiger partial charge in [-0.1, -0.05) is 198 Å². The Morgan fingerprint density at radius 3 is 1.29 bits per heavy atom. The molecule has 0 aromatic heterocycles. The molecule has 3 aromatic carbocycles. The second-order valence-electron chi connectivity index (χ2n) is 36.9. The molecule has 0 saturated heterocycles. The van der Waals surface area contributed by atoms with Crippen molar-refractivity contribution < 1.29 is 78.9 Å². The molecule has 0 amide bonds. The summed E-state index contributed by atoms with van der Waals surface area (Å²) in [5, 5.41) is 22.2. The Bertz CT molecular complexity index is 3670. The molecule has 23 heteroatoms. The van der Waals surface area contributed by atoms with Gasteiger partial charge in [0.1, 0.15) is 30.7 Å². The molecule has 3 N–H and O–H groups in total. The zero-order chi connectivity index (χ0) is 87.2. The van der Waals surface area contributed by atoms with Crippen molar-refractivity contribution in [3.63, 3.8) is 0 Å². The van der Waals surface area contributed by atoms with Crippen LogP contribution < -0.4 is 0 Å². The van der Waals surface area contributed by atoms with Crippen LogP contribution in [0, 0.1) is 53.3 Å². The van der Waals surface area contributed by atoms with E-state index in [4.69, 9.17) is 31.9 Å². The molecule has 3 fully saturated rings. The molecule has 5 unspecified atom stereocenters. The van der Waals surface area contributed by atoms with Gasteiger partial charge in [-0.15, -0.1) is 0 Å². The normalized spacial score (nSPS) is 25.6. The predicted octanol–water partition coefficient (Wildman–Crippen LogP) is 24.2. The van der Waals surface area contributed by atoms with E-state index in [0.29, 0.717) is 75.5 Å². The van der Waals surface area contributed by atoms with Crippen LogP contribution in [0.15, 0.2) is 134 Å². The smallest absolute Gasteiger partial charge is 0.302 e. The summed E-state index contributed by atoms with van der Waals surface area (Å²) in [5.74, 6) is -1.07. The topological polar surface area (TPSA) is 194 Å². The lowest BCUT2D eigenvalue weighted by Gasteiger charge is -2.40. The fourth-order valence-electron chi connectivity index (χ4n) is 17.2. The van der Waals surface area contributed by atoms with E-state index < -0.39 is 82.7 Å². The second-order valence-corrected chi connectivity index (χ2v) is 54.1. The van der Waals surface area contributed by atoms with Crippen molar-refractivity contribution in [1.29, 1.82) is 0 Å². The Labute approximate surface area is 721 Å². The quantitative estimate of drug-likeness (QED) is 0.0122. The van der Waals surface area contributed by atoms with Gasteiger partial charge in [0.25, 0.3) is 0 Å². The van der Waals surface area contributed by atoms with Gasteiger partial charge < -0.3 is 47.0 Å². The Morgan fingerprint density at radius 1 is 0.559 bits per heavy atom. The lowest BCUT2D eigenvalue weighted by molar-refractivity contribution is -0.149. The SMILES string of the molecule is CC(=O)O[C@H]1C[C@H](F)C(/C=C/C(O[Si](C)(C)C(C)(C)C)C2Cc3ccccc3C2)[C@H]1C/C=C\CCCBr.CCOP(C)(=O)CCC/C=C\C[C@@H]1[C@@H](/C=C/C(O[Si](C)(C)C(C)(C)C)C2Cc3ccccc3C2)[C@@H](F)C[C@@H]1OC(C)=O.CCOP(C)OCC.CCP(=O)(O)CCC/C=C\C[C@@H]1[C@@H](CC[C@H](O)C2Cc3ccccc3C2)[C@@H](F)C[C@@H]1O. The third kappa shape index (κ3) is 33.5. The average Bonchev–Trinajstić information content (AvgIpc) is 1.65. The van der Waals surface area contributed by atoms with Gasteiger partial charge in [0.15, 0.2) is 39.7 Å². The molecule has 0 radical (unpaired) electrons. The highest BCUT2D eigenvalue weighted by Crippen LogP contribution is 2.49. The lowest BCUT2D eigenvalue weighted by atomic mass is 9.84. The Morgan fingerprint density at radius 2 is 0.932 bits per heavy atom. The fourth-order valence-corrected chi connectivity index (χ4v) is 23.4. The summed E-state index contributed by atoms with van der Waals surface area (Å²) in [6, 6.07) is 25.6. The number of hydrogen-bond donors (Lipinski definition) is 3.